The second-order valence-electron chi connectivity index (χ2n) is 9.75. The molecular weight excluding hydrogens is 472 g/mol. The number of hydrogen-bond acceptors (Lipinski definition) is 6. The number of benzene rings is 2. The van der Waals surface area contributed by atoms with Crippen molar-refractivity contribution in [1.82, 2.24) is 10.2 Å². The van der Waals surface area contributed by atoms with E-state index in [1.54, 1.807) is 29.2 Å². The molecule has 4 rings (SSSR count). The lowest BCUT2D eigenvalue weighted by molar-refractivity contribution is -0.126. The van der Waals surface area contributed by atoms with Gasteiger partial charge in [-0.2, -0.15) is 0 Å². The molecule has 1 atom stereocenters. The van der Waals surface area contributed by atoms with Crippen molar-refractivity contribution in [2.75, 3.05) is 62.8 Å². The van der Waals surface area contributed by atoms with Crippen LogP contribution in [0.25, 0.3) is 0 Å². The third-order valence-corrected chi connectivity index (χ3v) is 6.79. The van der Waals surface area contributed by atoms with Crippen LogP contribution in [-0.4, -0.2) is 75.2 Å². The molecule has 2 aliphatic rings. The van der Waals surface area contributed by atoms with Crippen LogP contribution in [0.15, 0.2) is 36.4 Å². The first-order valence-electron chi connectivity index (χ1n) is 12.8. The molecule has 9 heteroatoms. The smallest absolute Gasteiger partial charge is 0.262 e. The second-order valence-corrected chi connectivity index (χ2v) is 9.75. The molecule has 0 spiro atoms. The molecule has 2 aromatic carbocycles. The largest absolute Gasteiger partial charge is 0.484 e. The zero-order valence-corrected chi connectivity index (χ0v) is 21.8. The minimum Gasteiger partial charge on any atom is -0.484 e. The molecule has 2 saturated heterocycles. The first-order chi connectivity index (χ1) is 17.8. The molecular formula is C28H36N4O5. The van der Waals surface area contributed by atoms with Gasteiger partial charge in [-0.05, 0) is 56.2 Å². The lowest BCUT2D eigenvalue weighted by atomic mass is 10.1. The fraction of sp³-hybridized carbons (Fsp3) is 0.464. The number of rotatable bonds is 9. The fourth-order valence-electron chi connectivity index (χ4n) is 4.86. The highest BCUT2D eigenvalue weighted by Gasteiger charge is 2.35. The van der Waals surface area contributed by atoms with E-state index in [9.17, 15) is 14.4 Å². The Bertz CT molecular complexity index is 1100. The quantitative estimate of drug-likeness (QED) is 0.540. The summed E-state index contributed by atoms with van der Waals surface area (Å²) in [4.78, 5) is 41.5. The molecule has 2 N–H and O–H groups in total. The summed E-state index contributed by atoms with van der Waals surface area (Å²) >= 11 is 0. The van der Waals surface area contributed by atoms with Crippen LogP contribution in [0.5, 0.6) is 5.75 Å². The third-order valence-electron chi connectivity index (χ3n) is 6.79. The van der Waals surface area contributed by atoms with Crippen LogP contribution in [0.1, 0.15) is 23.1 Å². The van der Waals surface area contributed by atoms with E-state index in [2.05, 4.69) is 15.5 Å². The molecule has 0 saturated carbocycles. The summed E-state index contributed by atoms with van der Waals surface area (Å²) in [5.41, 5.74) is 4.68. The summed E-state index contributed by atoms with van der Waals surface area (Å²) in [7, 11) is 0. The number of morpholine rings is 1. The van der Waals surface area contributed by atoms with Crippen molar-refractivity contribution in [3.63, 3.8) is 0 Å². The Morgan fingerprint density at radius 3 is 2.41 bits per heavy atom. The molecule has 198 valence electrons. The van der Waals surface area contributed by atoms with Crippen molar-refractivity contribution in [3.8, 4) is 5.75 Å². The molecule has 0 aromatic heterocycles. The van der Waals surface area contributed by atoms with Gasteiger partial charge < -0.3 is 25.0 Å². The number of anilines is 2. The van der Waals surface area contributed by atoms with Crippen LogP contribution in [0.3, 0.4) is 0 Å². The molecule has 2 aliphatic heterocycles. The van der Waals surface area contributed by atoms with Crippen LogP contribution >= 0.6 is 0 Å². The predicted octanol–water partition coefficient (Wildman–Crippen LogP) is 2.43. The minimum absolute atomic E-state index is 0.0785. The lowest BCUT2D eigenvalue weighted by Gasteiger charge is -2.26. The van der Waals surface area contributed by atoms with E-state index in [4.69, 9.17) is 9.47 Å². The van der Waals surface area contributed by atoms with E-state index in [1.165, 1.54) is 0 Å². The molecule has 0 aliphatic carbocycles. The molecule has 0 bridgehead atoms. The second kappa shape index (κ2) is 12.2. The van der Waals surface area contributed by atoms with Gasteiger partial charge >= 0.3 is 0 Å². The Morgan fingerprint density at radius 1 is 1.05 bits per heavy atom. The van der Waals surface area contributed by atoms with Crippen LogP contribution in [0, 0.1) is 26.7 Å². The standard InChI is InChI=1S/C28H36N4O5/c1-19-14-20(2)27(21(3)15-19)30-25(33)18-37-24-6-4-23(5-7-24)32-17-22(16-26(32)34)28(35)29-8-9-31-10-12-36-13-11-31/h4-7,14-15,22H,8-13,16-18H2,1-3H3,(H,29,35)(H,30,33)/t22-/m0/s1. The molecule has 0 unspecified atom stereocenters. The maximum Gasteiger partial charge on any atom is 0.262 e. The van der Waals surface area contributed by atoms with Gasteiger partial charge in [0.2, 0.25) is 11.8 Å². The summed E-state index contributed by atoms with van der Waals surface area (Å²) in [5, 5.41) is 5.89. The van der Waals surface area contributed by atoms with Crippen LogP contribution in [0.2, 0.25) is 0 Å². The van der Waals surface area contributed by atoms with Crippen molar-refractivity contribution in [2.24, 2.45) is 5.92 Å². The van der Waals surface area contributed by atoms with Gasteiger partial charge in [0, 0.05) is 50.5 Å². The molecule has 9 nitrogen and oxygen atoms in total. The highest BCUT2D eigenvalue weighted by molar-refractivity contribution is 6.00. The summed E-state index contributed by atoms with van der Waals surface area (Å²) in [6.45, 7) is 10.7. The Morgan fingerprint density at radius 2 is 1.73 bits per heavy atom. The van der Waals surface area contributed by atoms with Gasteiger partial charge in [-0.3, -0.25) is 19.3 Å². The Kier molecular flexibility index (Phi) is 8.78. The number of hydrogen-bond donors (Lipinski definition) is 2. The van der Waals surface area contributed by atoms with Gasteiger partial charge in [-0.1, -0.05) is 17.7 Å². The van der Waals surface area contributed by atoms with Crippen molar-refractivity contribution in [2.45, 2.75) is 27.2 Å². The topological polar surface area (TPSA) is 100 Å². The van der Waals surface area contributed by atoms with Crippen molar-refractivity contribution < 1.29 is 23.9 Å². The molecule has 2 heterocycles. The average Bonchev–Trinajstić information content (AvgIpc) is 3.27. The number of nitrogens with zero attached hydrogens (tertiary/aromatic N) is 2. The van der Waals surface area contributed by atoms with Crippen molar-refractivity contribution in [3.05, 3.63) is 53.1 Å². The predicted molar refractivity (Wildman–Crippen MR) is 142 cm³/mol. The van der Waals surface area contributed by atoms with Gasteiger partial charge in [0.15, 0.2) is 6.61 Å². The Balaban J connectivity index is 1.24. The minimum atomic E-state index is -0.370. The van der Waals surface area contributed by atoms with E-state index in [1.807, 2.05) is 32.9 Å². The zero-order chi connectivity index (χ0) is 26.4. The lowest BCUT2D eigenvalue weighted by Crippen LogP contribution is -2.42. The molecule has 0 radical (unpaired) electrons. The number of amides is 3. The highest BCUT2D eigenvalue weighted by atomic mass is 16.5. The summed E-state index contributed by atoms with van der Waals surface area (Å²) in [6, 6.07) is 11.1. The number of ether oxygens (including phenoxy) is 2. The maximum absolute atomic E-state index is 12.6. The van der Waals surface area contributed by atoms with Gasteiger partial charge in [0.25, 0.3) is 5.91 Å². The van der Waals surface area contributed by atoms with E-state index >= 15 is 0 Å². The molecule has 2 aromatic rings. The molecule has 3 amide bonds. The van der Waals surface area contributed by atoms with E-state index < -0.39 is 0 Å². The van der Waals surface area contributed by atoms with Gasteiger partial charge in [0.05, 0.1) is 19.1 Å². The van der Waals surface area contributed by atoms with Crippen LogP contribution < -0.4 is 20.3 Å². The van der Waals surface area contributed by atoms with Gasteiger partial charge in [-0.15, -0.1) is 0 Å². The van der Waals surface area contributed by atoms with Gasteiger partial charge in [-0.25, -0.2) is 0 Å². The normalized spacial score (nSPS) is 18.1. The van der Waals surface area contributed by atoms with Crippen LogP contribution in [-0.2, 0) is 19.1 Å². The first-order valence-corrected chi connectivity index (χ1v) is 12.8. The Hall–Kier alpha value is -3.43. The number of aryl methyl sites for hydroxylation is 3. The average molecular weight is 509 g/mol. The van der Waals surface area contributed by atoms with Crippen LogP contribution in [0.4, 0.5) is 11.4 Å². The summed E-state index contributed by atoms with van der Waals surface area (Å²) in [6.07, 6.45) is 0.194. The van der Waals surface area contributed by atoms with Gasteiger partial charge in [0.1, 0.15) is 5.75 Å². The summed E-state index contributed by atoms with van der Waals surface area (Å²) < 4.78 is 11.0. The number of carbonyl (C=O) groups is 3. The monoisotopic (exact) mass is 508 g/mol. The third kappa shape index (κ3) is 7.08. The van der Waals surface area contributed by atoms with Crippen molar-refractivity contribution >= 4 is 29.1 Å². The molecule has 2 fully saturated rings. The maximum atomic E-state index is 12.6. The number of nitrogens with one attached hydrogen (secondary N) is 2. The fourth-order valence-corrected chi connectivity index (χ4v) is 4.86. The molecule has 37 heavy (non-hydrogen) atoms. The van der Waals surface area contributed by atoms with E-state index in [0.29, 0.717) is 24.5 Å². The highest BCUT2D eigenvalue weighted by Crippen LogP contribution is 2.27. The van der Waals surface area contributed by atoms with E-state index in [0.717, 1.165) is 55.2 Å². The SMILES string of the molecule is Cc1cc(C)c(NC(=O)COc2ccc(N3C[C@@H](C(=O)NCCN4CCOCC4)CC3=O)cc2)c(C)c1. The zero-order valence-electron chi connectivity index (χ0n) is 21.8. The Labute approximate surface area is 218 Å². The van der Waals surface area contributed by atoms with Crippen molar-refractivity contribution in [1.29, 1.82) is 0 Å². The van der Waals surface area contributed by atoms with E-state index in [-0.39, 0.29) is 36.7 Å². The first kappa shape index (κ1) is 26.6. The number of carbonyl (C=O) groups excluding carboxylic acids is 3. The summed E-state index contributed by atoms with van der Waals surface area (Å²) in [5.74, 6) is -0.249.